The van der Waals surface area contributed by atoms with E-state index in [0.717, 1.165) is 28.6 Å². The van der Waals surface area contributed by atoms with Crippen molar-refractivity contribution in [1.29, 1.82) is 0 Å². The van der Waals surface area contributed by atoms with Crippen molar-refractivity contribution in [2.45, 2.75) is 30.0 Å². The SMILES string of the molecule is Cc1ccc(N2C(=O)C(CC(=O)O)SC23C(=O)N(Cc2ccccc2)c2ccccc23)cc1. The summed E-state index contributed by atoms with van der Waals surface area (Å²) in [5, 5.41) is 8.58. The summed E-state index contributed by atoms with van der Waals surface area (Å²) in [6, 6.07) is 24.6. The maximum absolute atomic E-state index is 14.2. The fourth-order valence-electron chi connectivity index (χ4n) is 4.55. The third-order valence-corrected chi connectivity index (χ3v) is 7.63. The Morgan fingerprint density at radius 3 is 2.33 bits per heavy atom. The largest absolute Gasteiger partial charge is 0.481 e. The van der Waals surface area contributed by atoms with Crippen LogP contribution in [0.25, 0.3) is 0 Å². The van der Waals surface area contributed by atoms with Crippen LogP contribution in [0.5, 0.6) is 0 Å². The van der Waals surface area contributed by atoms with Crippen molar-refractivity contribution < 1.29 is 19.5 Å². The quantitative estimate of drug-likeness (QED) is 0.616. The predicted octanol–water partition coefficient (Wildman–Crippen LogP) is 4.32. The molecule has 2 unspecified atom stereocenters. The van der Waals surface area contributed by atoms with Crippen LogP contribution in [0.15, 0.2) is 78.9 Å². The zero-order valence-electron chi connectivity index (χ0n) is 18.0. The van der Waals surface area contributed by atoms with Gasteiger partial charge in [0, 0.05) is 11.3 Å². The molecular weight excluding hydrogens is 436 g/mol. The first-order valence-corrected chi connectivity index (χ1v) is 11.6. The summed E-state index contributed by atoms with van der Waals surface area (Å²) in [4.78, 5) is 41.2. The zero-order valence-corrected chi connectivity index (χ0v) is 18.8. The number of thioether (sulfide) groups is 1. The van der Waals surface area contributed by atoms with Crippen LogP contribution in [0.3, 0.4) is 0 Å². The summed E-state index contributed by atoms with van der Waals surface area (Å²) < 4.78 is 0. The van der Waals surface area contributed by atoms with Crippen molar-refractivity contribution >= 4 is 40.9 Å². The second-order valence-electron chi connectivity index (χ2n) is 8.25. The van der Waals surface area contributed by atoms with Gasteiger partial charge in [-0.25, -0.2) is 0 Å². The van der Waals surface area contributed by atoms with Gasteiger partial charge in [-0.05, 0) is 30.7 Å². The first-order chi connectivity index (χ1) is 15.9. The van der Waals surface area contributed by atoms with E-state index in [1.165, 1.54) is 4.90 Å². The van der Waals surface area contributed by atoms with Crippen molar-refractivity contribution in [1.82, 2.24) is 0 Å². The van der Waals surface area contributed by atoms with Gasteiger partial charge in [0.2, 0.25) is 10.8 Å². The van der Waals surface area contributed by atoms with E-state index in [4.69, 9.17) is 0 Å². The van der Waals surface area contributed by atoms with Gasteiger partial charge in [0.15, 0.2) is 0 Å². The van der Waals surface area contributed by atoms with Crippen LogP contribution in [0.1, 0.15) is 23.1 Å². The van der Waals surface area contributed by atoms with Crippen molar-refractivity contribution in [3.63, 3.8) is 0 Å². The Bertz CT molecular complexity index is 1240. The number of aryl methyl sites for hydroxylation is 1. The second-order valence-corrected chi connectivity index (χ2v) is 9.65. The smallest absolute Gasteiger partial charge is 0.305 e. The Balaban J connectivity index is 1.67. The van der Waals surface area contributed by atoms with Crippen LogP contribution in [-0.4, -0.2) is 28.1 Å². The van der Waals surface area contributed by atoms with Gasteiger partial charge in [0.1, 0.15) is 0 Å². The first-order valence-electron chi connectivity index (χ1n) is 10.7. The molecule has 0 saturated carbocycles. The number of carboxylic acid groups (broad SMARTS) is 1. The van der Waals surface area contributed by atoms with Crippen molar-refractivity contribution in [2.75, 3.05) is 9.80 Å². The highest BCUT2D eigenvalue weighted by molar-refractivity contribution is 8.03. The van der Waals surface area contributed by atoms with Gasteiger partial charge in [0.25, 0.3) is 5.91 Å². The third-order valence-electron chi connectivity index (χ3n) is 6.05. The number of para-hydroxylation sites is 1. The van der Waals surface area contributed by atoms with E-state index in [2.05, 4.69) is 0 Å². The molecule has 2 aliphatic heterocycles. The maximum Gasteiger partial charge on any atom is 0.305 e. The van der Waals surface area contributed by atoms with Gasteiger partial charge < -0.3 is 10.0 Å². The van der Waals surface area contributed by atoms with E-state index >= 15 is 0 Å². The summed E-state index contributed by atoms with van der Waals surface area (Å²) in [5.41, 5.74) is 4.02. The lowest BCUT2D eigenvalue weighted by Gasteiger charge is -2.33. The number of rotatable bonds is 5. The molecule has 2 atom stereocenters. The monoisotopic (exact) mass is 458 g/mol. The van der Waals surface area contributed by atoms with Crippen molar-refractivity contribution in [3.8, 4) is 0 Å². The number of anilines is 2. The van der Waals surface area contributed by atoms with Gasteiger partial charge in [-0.2, -0.15) is 0 Å². The molecule has 3 aromatic carbocycles. The normalized spacial score (nSPS) is 21.7. The molecule has 33 heavy (non-hydrogen) atoms. The van der Waals surface area contributed by atoms with Crippen LogP contribution in [0.2, 0.25) is 0 Å². The molecule has 7 heteroatoms. The van der Waals surface area contributed by atoms with Crippen LogP contribution in [-0.2, 0) is 25.8 Å². The molecule has 1 fully saturated rings. The Morgan fingerprint density at radius 2 is 1.64 bits per heavy atom. The number of carboxylic acids is 1. The van der Waals surface area contributed by atoms with Crippen LogP contribution in [0.4, 0.5) is 11.4 Å². The molecule has 1 saturated heterocycles. The Kier molecular flexibility index (Phi) is 5.21. The van der Waals surface area contributed by atoms with E-state index in [1.807, 2.05) is 85.8 Å². The van der Waals surface area contributed by atoms with Gasteiger partial charge in [-0.1, -0.05) is 66.2 Å². The van der Waals surface area contributed by atoms with Gasteiger partial charge in [0.05, 0.1) is 23.9 Å². The second kappa shape index (κ2) is 8.08. The van der Waals surface area contributed by atoms with Crippen LogP contribution >= 0.6 is 11.8 Å². The zero-order chi connectivity index (χ0) is 23.2. The molecule has 2 heterocycles. The molecular formula is C26H22N2O4S. The number of hydrogen-bond donors (Lipinski definition) is 1. The van der Waals surface area contributed by atoms with E-state index in [0.29, 0.717) is 17.8 Å². The number of benzene rings is 3. The molecule has 1 spiro atoms. The highest BCUT2D eigenvalue weighted by Gasteiger charge is 2.64. The molecule has 0 radical (unpaired) electrons. The maximum atomic E-state index is 14.2. The topological polar surface area (TPSA) is 77.9 Å². The molecule has 3 aromatic rings. The number of nitrogens with zero attached hydrogens (tertiary/aromatic N) is 2. The number of amides is 2. The van der Waals surface area contributed by atoms with Gasteiger partial charge in [-0.15, -0.1) is 11.8 Å². The number of hydrogen-bond acceptors (Lipinski definition) is 4. The molecule has 2 aliphatic rings. The molecule has 0 bridgehead atoms. The average Bonchev–Trinajstić information content (AvgIpc) is 3.22. The average molecular weight is 459 g/mol. The molecule has 6 nitrogen and oxygen atoms in total. The predicted molar refractivity (Wildman–Crippen MR) is 128 cm³/mol. The number of aliphatic carboxylic acids is 1. The fourth-order valence-corrected chi connectivity index (χ4v) is 6.21. The third kappa shape index (κ3) is 3.40. The molecule has 166 valence electrons. The lowest BCUT2D eigenvalue weighted by Crippen LogP contribution is -2.49. The Morgan fingerprint density at radius 1 is 0.970 bits per heavy atom. The summed E-state index contributed by atoms with van der Waals surface area (Å²) in [5.74, 6) is -1.67. The number of fused-ring (bicyclic) bond motifs is 2. The number of carbonyl (C=O) groups excluding carboxylic acids is 2. The highest BCUT2D eigenvalue weighted by Crippen LogP contribution is 2.58. The minimum absolute atomic E-state index is 0.237. The van der Waals surface area contributed by atoms with Crippen molar-refractivity contribution in [2.24, 2.45) is 0 Å². The Labute approximate surface area is 195 Å². The van der Waals surface area contributed by atoms with Gasteiger partial charge in [-0.3, -0.25) is 19.3 Å². The summed E-state index contributed by atoms with van der Waals surface area (Å²) >= 11 is 1.13. The molecule has 5 rings (SSSR count). The minimum Gasteiger partial charge on any atom is -0.481 e. The molecule has 0 aliphatic carbocycles. The van der Waals surface area contributed by atoms with Crippen molar-refractivity contribution in [3.05, 3.63) is 95.6 Å². The van der Waals surface area contributed by atoms with E-state index < -0.39 is 16.1 Å². The van der Waals surface area contributed by atoms with E-state index in [1.54, 1.807) is 4.90 Å². The summed E-state index contributed by atoms with van der Waals surface area (Å²) in [7, 11) is 0. The molecule has 1 N–H and O–H groups in total. The van der Waals surface area contributed by atoms with E-state index in [-0.39, 0.29) is 18.2 Å². The molecule has 2 amide bonds. The summed E-state index contributed by atoms with van der Waals surface area (Å²) in [6.07, 6.45) is -0.345. The standard InChI is InChI=1S/C26H22N2O4S/c1-17-11-13-19(14-12-17)28-24(31)22(15-23(29)30)33-26(28)20-9-5-6-10-21(20)27(25(26)32)16-18-7-3-2-4-8-18/h2-14,22H,15-16H2,1H3,(H,29,30). The minimum atomic E-state index is -1.35. The highest BCUT2D eigenvalue weighted by atomic mass is 32.2. The van der Waals surface area contributed by atoms with Gasteiger partial charge >= 0.3 is 5.97 Å². The molecule has 0 aromatic heterocycles. The van der Waals surface area contributed by atoms with Crippen LogP contribution in [0, 0.1) is 6.92 Å². The van der Waals surface area contributed by atoms with Crippen LogP contribution < -0.4 is 9.80 Å². The first kappa shape index (κ1) is 21.3. The lowest BCUT2D eigenvalue weighted by atomic mass is 10.0. The van der Waals surface area contributed by atoms with E-state index in [9.17, 15) is 19.5 Å². The fraction of sp³-hybridized carbons (Fsp3) is 0.192. The number of carbonyl (C=O) groups is 3. The lowest BCUT2D eigenvalue weighted by molar-refractivity contribution is -0.138. The summed E-state index contributed by atoms with van der Waals surface area (Å²) in [6.45, 7) is 2.31. The Hall–Kier alpha value is -3.58.